The molecular weight excluding hydrogens is 286 g/mol. The normalized spacial score (nSPS) is 17.5. The van der Waals surface area contributed by atoms with Crippen molar-refractivity contribution in [2.45, 2.75) is 12.7 Å². The van der Waals surface area contributed by atoms with E-state index in [0.717, 1.165) is 18.8 Å². The maximum absolute atomic E-state index is 11.8. The van der Waals surface area contributed by atoms with Gasteiger partial charge in [0.05, 0.1) is 19.0 Å². The molecule has 2 amide bonds. The molecule has 1 N–H and O–H groups in total. The van der Waals surface area contributed by atoms with Crippen LogP contribution in [0.15, 0.2) is 22.8 Å². The summed E-state index contributed by atoms with van der Waals surface area (Å²) in [6, 6.07) is 3.69. The van der Waals surface area contributed by atoms with E-state index in [1.165, 1.54) is 0 Å². The third-order valence-electron chi connectivity index (χ3n) is 3.63. The number of hydrogen-bond donors (Lipinski definition) is 1. The first-order chi connectivity index (χ1) is 10.6. The summed E-state index contributed by atoms with van der Waals surface area (Å²) in [6.07, 6.45) is 1.06. The Hall–Kier alpha value is -1.57. The van der Waals surface area contributed by atoms with Crippen LogP contribution in [0, 0.1) is 0 Å². The minimum Gasteiger partial charge on any atom is -0.467 e. The molecule has 0 saturated carbocycles. The molecule has 0 radical (unpaired) electrons. The average Bonchev–Trinajstić information content (AvgIpc) is 3.00. The third kappa shape index (κ3) is 5.01. The van der Waals surface area contributed by atoms with Crippen LogP contribution in [-0.2, 0) is 11.3 Å². The summed E-state index contributed by atoms with van der Waals surface area (Å²) in [4.78, 5) is 17.4. The van der Waals surface area contributed by atoms with E-state index in [4.69, 9.17) is 9.15 Å². The number of hydrogen-bond acceptors (Lipinski definition) is 5. The lowest BCUT2D eigenvalue weighted by atomic mass is 10.2. The first kappa shape index (κ1) is 16.8. The van der Waals surface area contributed by atoms with Crippen molar-refractivity contribution >= 4 is 6.03 Å². The molecule has 1 saturated heterocycles. The van der Waals surface area contributed by atoms with Crippen molar-refractivity contribution in [2.24, 2.45) is 0 Å². The summed E-state index contributed by atoms with van der Waals surface area (Å²) < 4.78 is 10.6. The molecule has 7 heteroatoms. The molecule has 1 fully saturated rings. The number of aliphatic hydroxyl groups excluding tert-OH is 1. The number of carbonyl (C=O) groups excluding carboxylic acids is 1. The van der Waals surface area contributed by atoms with Gasteiger partial charge in [-0.1, -0.05) is 0 Å². The van der Waals surface area contributed by atoms with Crippen molar-refractivity contribution in [1.82, 2.24) is 14.7 Å². The van der Waals surface area contributed by atoms with Crippen LogP contribution in [0.4, 0.5) is 4.79 Å². The van der Waals surface area contributed by atoms with E-state index in [1.54, 1.807) is 25.3 Å². The fourth-order valence-electron chi connectivity index (χ4n) is 2.45. The molecule has 1 aliphatic rings. The molecule has 0 spiro atoms. The summed E-state index contributed by atoms with van der Waals surface area (Å²) in [5, 5.41) is 10.0. The third-order valence-corrected chi connectivity index (χ3v) is 3.63. The average molecular weight is 311 g/mol. The molecule has 1 aliphatic heterocycles. The first-order valence-electron chi connectivity index (χ1n) is 7.53. The van der Waals surface area contributed by atoms with Crippen molar-refractivity contribution in [3.05, 3.63) is 24.2 Å². The van der Waals surface area contributed by atoms with Gasteiger partial charge in [0.15, 0.2) is 0 Å². The molecule has 0 aromatic carbocycles. The lowest BCUT2D eigenvalue weighted by molar-refractivity contribution is -0.000995. The number of furan rings is 1. The van der Waals surface area contributed by atoms with Crippen LogP contribution in [-0.4, -0.2) is 85.4 Å². The van der Waals surface area contributed by atoms with E-state index < -0.39 is 6.10 Å². The summed E-state index contributed by atoms with van der Waals surface area (Å²) in [5.74, 6) is 0.753. The van der Waals surface area contributed by atoms with Crippen molar-refractivity contribution in [3.63, 3.8) is 0 Å². The minimum atomic E-state index is -0.536. The number of aliphatic hydroxyl groups is 1. The van der Waals surface area contributed by atoms with E-state index in [-0.39, 0.29) is 12.6 Å². The predicted octanol–water partition coefficient (Wildman–Crippen LogP) is 0.456. The number of amides is 2. The number of nitrogens with zero attached hydrogens (tertiary/aromatic N) is 3. The Bertz CT molecular complexity index is 442. The number of β-amino-alcohol motifs (C(OH)–C–C–N with tert-alkyl or cyclic N) is 1. The van der Waals surface area contributed by atoms with Crippen LogP contribution in [0.5, 0.6) is 0 Å². The molecule has 0 bridgehead atoms. The summed E-state index contributed by atoms with van der Waals surface area (Å²) in [6.45, 7) is 4.13. The lowest BCUT2D eigenvalue weighted by Crippen LogP contribution is -2.53. The van der Waals surface area contributed by atoms with Crippen LogP contribution in [0.1, 0.15) is 5.76 Å². The maximum Gasteiger partial charge on any atom is 0.319 e. The summed E-state index contributed by atoms with van der Waals surface area (Å²) in [7, 11) is 3.52. The Labute approximate surface area is 131 Å². The number of carbonyl (C=O) groups is 1. The highest BCUT2D eigenvalue weighted by Crippen LogP contribution is 2.06. The number of rotatable bonds is 6. The molecule has 0 unspecified atom stereocenters. The van der Waals surface area contributed by atoms with Crippen molar-refractivity contribution in [2.75, 3.05) is 53.4 Å². The maximum atomic E-state index is 11.8. The molecule has 1 aromatic rings. The van der Waals surface area contributed by atoms with Crippen molar-refractivity contribution in [3.8, 4) is 0 Å². The van der Waals surface area contributed by atoms with Gasteiger partial charge in [-0.25, -0.2) is 4.79 Å². The molecule has 2 rings (SSSR count). The fourth-order valence-corrected chi connectivity index (χ4v) is 2.45. The van der Waals surface area contributed by atoms with E-state index in [9.17, 15) is 9.90 Å². The Morgan fingerprint density at radius 1 is 1.41 bits per heavy atom. The zero-order chi connectivity index (χ0) is 15.9. The quantitative estimate of drug-likeness (QED) is 0.826. The number of urea groups is 1. The van der Waals surface area contributed by atoms with Gasteiger partial charge in [0.25, 0.3) is 0 Å². The summed E-state index contributed by atoms with van der Waals surface area (Å²) in [5.41, 5.74) is 0. The van der Waals surface area contributed by atoms with E-state index in [0.29, 0.717) is 26.2 Å². The van der Waals surface area contributed by atoms with E-state index in [2.05, 4.69) is 4.90 Å². The number of piperazine rings is 1. The topological polar surface area (TPSA) is 69.4 Å². The molecule has 124 valence electrons. The van der Waals surface area contributed by atoms with Crippen LogP contribution in [0.3, 0.4) is 0 Å². The second-order valence-corrected chi connectivity index (χ2v) is 5.71. The van der Waals surface area contributed by atoms with Crippen LogP contribution >= 0.6 is 0 Å². The Morgan fingerprint density at radius 2 is 2.14 bits per heavy atom. The van der Waals surface area contributed by atoms with Gasteiger partial charge in [0.2, 0.25) is 0 Å². The SMILES string of the molecule is CN(C)C(=O)N1CCN(C[C@@H](O)COCc2ccco2)CC1. The van der Waals surface area contributed by atoms with Gasteiger partial charge >= 0.3 is 6.03 Å². The molecule has 1 aromatic heterocycles. The van der Waals surface area contributed by atoms with Gasteiger partial charge in [-0.15, -0.1) is 0 Å². The second kappa shape index (κ2) is 8.17. The van der Waals surface area contributed by atoms with E-state index in [1.807, 2.05) is 17.0 Å². The van der Waals surface area contributed by atoms with E-state index >= 15 is 0 Å². The fraction of sp³-hybridized carbons (Fsp3) is 0.667. The smallest absolute Gasteiger partial charge is 0.319 e. The molecule has 1 atom stereocenters. The molecule has 0 aliphatic carbocycles. The van der Waals surface area contributed by atoms with Gasteiger partial charge in [-0.3, -0.25) is 4.90 Å². The highest BCUT2D eigenvalue weighted by Gasteiger charge is 2.23. The number of ether oxygens (including phenoxy) is 1. The van der Waals surface area contributed by atoms with Gasteiger partial charge in [-0.2, -0.15) is 0 Å². The van der Waals surface area contributed by atoms with Gasteiger partial charge in [0.1, 0.15) is 12.4 Å². The minimum absolute atomic E-state index is 0.0435. The first-order valence-corrected chi connectivity index (χ1v) is 7.53. The zero-order valence-electron chi connectivity index (χ0n) is 13.3. The highest BCUT2D eigenvalue weighted by atomic mass is 16.5. The lowest BCUT2D eigenvalue weighted by Gasteiger charge is -2.36. The van der Waals surface area contributed by atoms with Gasteiger partial charge in [0, 0.05) is 46.8 Å². The van der Waals surface area contributed by atoms with Crippen LogP contribution in [0.2, 0.25) is 0 Å². The molecule has 7 nitrogen and oxygen atoms in total. The van der Waals surface area contributed by atoms with Crippen LogP contribution in [0.25, 0.3) is 0 Å². The summed E-state index contributed by atoms with van der Waals surface area (Å²) >= 11 is 0. The van der Waals surface area contributed by atoms with Crippen LogP contribution < -0.4 is 0 Å². The standard InChI is InChI=1S/C15H25N3O4/c1-16(2)15(20)18-7-5-17(6-8-18)10-13(19)11-21-12-14-4-3-9-22-14/h3-4,9,13,19H,5-8,10-12H2,1-2H3/t13-/m1/s1. The predicted molar refractivity (Wildman–Crippen MR) is 81.5 cm³/mol. The molecule has 2 heterocycles. The zero-order valence-corrected chi connectivity index (χ0v) is 13.3. The highest BCUT2D eigenvalue weighted by molar-refractivity contribution is 5.73. The Balaban J connectivity index is 1.62. The van der Waals surface area contributed by atoms with Crippen molar-refractivity contribution < 1.29 is 19.1 Å². The van der Waals surface area contributed by atoms with Gasteiger partial charge < -0.3 is 24.1 Å². The Morgan fingerprint density at radius 3 is 2.73 bits per heavy atom. The molecular formula is C15H25N3O4. The Kier molecular flexibility index (Phi) is 6.23. The van der Waals surface area contributed by atoms with Crippen molar-refractivity contribution in [1.29, 1.82) is 0 Å². The molecule has 22 heavy (non-hydrogen) atoms. The van der Waals surface area contributed by atoms with Gasteiger partial charge in [-0.05, 0) is 12.1 Å². The second-order valence-electron chi connectivity index (χ2n) is 5.71. The monoisotopic (exact) mass is 311 g/mol. The largest absolute Gasteiger partial charge is 0.467 e.